The van der Waals surface area contributed by atoms with Gasteiger partial charge in [0.05, 0.1) is 0 Å². The summed E-state index contributed by atoms with van der Waals surface area (Å²) in [5.74, 6) is 0.622. The summed E-state index contributed by atoms with van der Waals surface area (Å²) in [6, 6.07) is 17.8. The van der Waals surface area contributed by atoms with E-state index >= 15 is 0 Å². The molecule has 0 aliphatic carbocycles. The van der Waals surface area contributed by atoms with Crippen LogP contribution in [0.5, 0.6) is 5.75 Å². The van der Waals surface area contributed by atoms with Crippen LogP contribution in [0.1, 0.15) is 27.2 Å². The number of hydrogen-bond acceptors (Lipinski definition) is 3. The molecule has 4 nitrogen and oxygen atoms in total. The van der Waals surface area contributed by atoms with Crippen LogP contribution in [-0.4, -0.2) is 31.1 Å². The lowest BCUT2D eigenvalue weighted by molar-refractivity contribution is -0.123. The lowest BCUT2D eigenvalue weighted by atomic mass is 10.1. The summed E-state index contributed by atoms with van der Waals surface area (Å²) in [6.07, 6.45) is 0.892. The molecular formula is C21H28N2O2. The van der Waals surface area contributed by atoms with Crippen LogP contribution in [0, 0.1) is 0 Å². The minimum Gasteiger partial charge on any atom is -0.483 e. The zero-order valence-electron chi connectivity index (χ0n) is 15.3. The molecule has 0 saturated carbocycles. The molecular weight excluding hydrogens is 312 g/mol. The van der Waals surface area contributed by atoms with Gasteiger partial charge in [-0.15, -0.1) is 0 Å². The van der Waals surface area contributed by atoms with Crippen molar-refractivity contribution in [1.82, 2.24) is 10.6 Å². The van der Waals surface area contributed by atoms with E-state index in [2.05, 4.69) is 31.4 Å². The Hall–Kier alpha value is -2.33. The molecule has 2 N–H and O–H groups in total. The largest absolute Gasteiger partial charge is 0.483 e. The zero-order chi connectivity index (χ0) is 18.1. The Morgan fingerprint density at radius 2 is 1.64 bits per heavy atom. The van der Waals surface area contributed by atoms with Gasteiger partial charge in [-0.1, -0.05) is 48.5 Å². The molecule has 2 aromatic carbocycles. The number of amides is 1. The number of carbonyl (C=O) groups is 1. The van der Waals surface area contributed by atoms with Crippen molar-refractivity contribution in [1.29, 1.82) is 0 Å². The van der Waals surface area contributed by atoms with E-state index in [0.717, 1.165) is 29.8 Å². The lowest BCUT2D eigenvalue weighted by Crippen LogP contribution is -2.38. The second kappa shape index (κ2) is 9.23. The Labute approximate surface area is 150 Å². The third-order valence-corrected chi connectivity index (χ3v) is 3.66. The first-order valence-electron chi connectivity index (χ1n) is 8.75. The molecule has 134 valence electrons. The van der Waals surface area contributed by atoms with Gasteiger partial charge in [-0.05, 0) is 45.4 Å². The smallest absolute Gasteiger partial charge is 0.257 e. The molecule has 1 amide bonds. The molecule has 2 aromatic rings. The number of benzene rings is 2. The molecule has 0 aliphatic heterocycles. The Morgan fingerprint density at radius 1 is 0.960 bits per heavy atom. The maximum Gasteiger partial charge on any atom is 0.257 e. The van der Waals surface area contributed by atoms with Crippen LogP contribution in [0.2, 0.25) is 0 Å². The molecule has 0 atom stereocenters. The summed E-state index contributed by atoms with van der Waals surface area (Å²) < 4.78 is 5.74. The first-order valence-corrected chi connectivity index (χ1v) is 8.75. The summed E-state index contributed by atoms with van der Waals surface area (Å²) in [5.41, 5.74) is 2.17. The fourth-order valence-electron chi connectivity index (χ4n) is 2.42. The van der Waals surface area contributed by atoms with Crippen LogP contribution < -0.4 is 15.4 Å². The van der Waals surface area contributed by atoms with Gasteiger partial charge in [0.25, 0.3) is 5.91 Å². The van der Waals surface area contributed by atoms with E-state index in [4.69, 9.17) is 4.74 Å². The normalized spacial score (nSPS) is 11.2. The van der Waals surface area contributed by atoms with Gasteiger partial charge in [0.15, 0.2) is 6.61 Å². The van der Waals surface area contributed by atoms with Gasteiger partial charge in [0.2, 0.25) is 0 Å². The average molecular weight is 340 g/mol. The van der Waals surface area contributed by atoms with Gasteiger partial charge in [-0.25, -0.2) is 0 Å². The van der Waals surface area contributed by atoms with Gasteiger partial charge >= 0.3 is 0 Å². The van der Waals surface area contributed by atoms with Crippen LogP contribution in [0.3, 0.4) is 0 Å². The molecule has 0 aromatic heterocycles. The molecule has 0 unspecified atom stereocenters. The Balaban J connectivity index is 1.79. The van der Waals surface area contributed by atoms with E-state index in [1.165, 1.54) is 0 Å². The van der Waals surface area contributed by atoms with Crippen LogP contribution >= 0.6 is 0 Å². The standard InChI is InChI=1S/C21H28N2O2/c1-21(2,3)23-15-9-14-22-20(24)16-25-19-13-8-7-12-18(19)17-10-5-4-6-11-17/h4-8,10-13,23H,9,14-16H2,1-3H3,(H,22,24). The highest BCUT2D eigenvalue weighted by Crippen LogP contribution is 2.29. The van der Waals surface area contributed by atoms with E-state index in [1.54, 1.807) is 0 Å². The summed E-state index contributed by atoms with van der Waals surface area (Å²) in [4.78, 5) is 12.0. The first kappa shape index (κ1) is 19.0. The van der Waals surface area contributed by atoms with Gasteiger partial charge < -0.3 is 15.4 Å². The number of ether oxygens (including phenoxy) is 1. The molecule has 0 saturated heterocycles. The third kappa shape index (κ3) is 6.98. The molecule has 25 heavy (non-hydrogen) atoms. The van der Waals surface area contributed by atoms with Gasteiger partial charge in [0.1, 0.15) is 5.75 Å². The molecule has 0 heterocycles. The summed E-state index contributed by atoms with van der Waals surface area (Å²) in [5, 5.41) is 6.29. The number of carbonyl (C=O) groups excluding carboxylic acids is 1. The Morgan fingerprint density at radius 3 is 2.36 bits per heavy atom. The second-order valence-corrected chi connectivity index (χ2v) is 7.03. The minimum absolute atomic E-state index is 0.0244. The highest BCUT2D eigenvalue weighted by Gasteiger charge is 2.09. The van der Waals surface area contributed by atoms with Crippen LogP contribution in [-0.2, 0) is 4.79 Å². The average Bonchev–Trinajstić information content (AvgIpc) is 2.60. The summed E-state index contributed by atoms with van der Waals surface area (Å²) >= 11 is 0. The Bertz CT molecular complexity index is 663. The van der Waals surface area contributed by atoms with E-state index in [1.807, 2.05) is 54.6 Å². The van der Waals surface area contributed by atoms with E-state index in [-0.39, 0.29) is 18.1 Å². The predicted octanol–water partition coefficient (Wildman–Crippen LogP) is 3.63. The van der Waals surface area contributed by atoms with Crippen LogP contribution in [0.15, 0.2) is 54.6 Å². The third-order valence-electron chi connectivity index (χ3n) is 3.66. The quantitative estimate of drug-likeness (QED) is 0.722. The number of nitrogens with one attached hydrogen (secondary N) is 2. The van der Waals surface area contributed by atoms with Crippen molar-refractivity contribution < 1.29 is 9.53 Å². The fourth-order valence-corrected chi connectivity index (χ4v) is 2.42. The molecule has 0 fully saturated rings. The zero-order valence-corrected chi connectivity index (χ0v) is 15.3. The SMILES string of the molecule is CC(C)(C)NCCCNC(=O)COc1ccccc1-c1ccccc1. The number of para-hydroxylation sites is 1. The van der Waals surface area contributed by atoms with Gasteiger partial charge in [0, 0.05) is 17.6 Å². The minimum atomic E-state index is -0.0985. The first-order chi connectivity index (χ1) is 12.0. The summed E-state index contributed by atoms with van der Waals surface area (Å²) in [7, 11) is 0. The predicted molar refractivity (Wildman–Crippen MR) is 103 cm³/mol. The van der Waals surface area contributed by atoms with Crippen LogP contribution in [0.4, 0.5) is 0 Å². The maximum atomic E-state index is 12.0. The van der Waals surface area contributed by atoms with Crippen LogP contribution in [0.25, 0.3) is 11.1 Å². The highest BCUT2D eigenvalue weighted by molar-refractivity contribution is 5.78. The van der Waals surface area contributed by atoms with Crippen molar-refractivity contribution in [2.75, 3.05) is 19.7 Å². The van der Waals surface area contributed by atoms with Gasteiger partial charge in [-0.3, -0.25) is 4.79 Å². The van der Waals surface area contributed by atoms with Crippen molar-refractivity contribution in [3.63, 3.8) is 0 Å². The molecule has 4 heteroatoms. The van der Waals surface area contributed by atoms with E-state index in [9.17, 15) is 4.79 Å². The molecule has 0 spiro atoms. The maximum absolute atomic E-state index is 12.0. The monoisotopic (exact) mass is 340 g/mol. The lowest BCUT2D eigenvalue weighted by Gasteiger charge is -2.20. The molecule has 0 bridgehead atoms. The van der Waals surface area contributed by atoms with Gasteiger partial charge in [-0.2, -0.15) is 0 Å². The molecule has 2 rings (SSSR count). The van der Waals surface area contributed by atoms with Crippen molar-refractivity contribution in [3.8, 4) is 16.9 Å². The van der Waals surface area contributed by atoms with Crippen molar-refractivity contribution in [2.45, 2.75) is 32.7 Å². The van der Waals surface area contributed by atoms with Crippen molar-refractivity contribution >= 4 is 5.91 Å². The van der Waals surface area contributed by atoms with Crippen molar-refractivity contribution in [3.05, 3.63) is 54.6 Å². The summed E-state index contributed by atoms with van der Waals surface area (Å²) in [6.45, 7) is 7.93. The highest BCUT2D eigenvalue weighted by atomic mass is 16.5. The Kier molecular flexibility index (Phi) is 7.02. The number of rotatable bonds is 8. The second-order valence-electron chi connectivity index (χ2n) is 7.03. The fraction of sp³-hybridized carbons (Fsp3) is 0.381. The van der Waals surface area contributed by atoms with Crippen molar-refractivity contribution in [2.24, 2.45) is 0 Å². The van der Waals surface area contributed by atoms with E-state index < -0.39 is 0 Å². The molecule has 0 aliphatic rings. The number of hydrogen-bond donors (Lipinski definition) is 2. The van der Waals surface area contributed by atoms with E-state index in [0.29, 0.717) is 6.54 Å². The topological polar surface area (TPSA) is 50.4 Å². The molecule has 0 radical (unpaired) electrons.